The summed E-state index contributed by atoms with van der Waals surface area (Å²) in [4.78, 5) is 19.9. The van der Waals surface area contributed by atoms with Gasteiger partial charge in [-0.05, 0) is 24.3 Å². The van der Waals surface area contributed by atoms with Gasteiger partial charge >= 0.3 is 0 Å². The number of aromatic nitrogens is 4. The molecule has 0 bridgehead atoms. The number of H-pyrrole nitrogens is 1. The summed E-state index contributed by atoms with van der Waals surface area (Å²) in [7, 11) is 0. The standard InChI is InChI=1S/C18H12N4O3/c23-17-7-14(11-3-4-15-16(6-11)25-10-24-15)21-18-13(9-20-22(17)18)12-2-1-5-19-8-12/h1-9,21H,10H2. The van der Waals surface area contributed by atoms with E-state index >= 15 is 0 Å². The van der Waals surface area contributed by atoms with Gasteiger partial charge < -0.3 is 14.5 Å². The van der Waals surface area contributed by atoms with Gasteiger partial charge in [-0.1, -0.05) is 6.07 Å². The Bertz CT molecular complexity index is 1150. The van der Waals surface area contributed by atoms with Crippen molar-refractivity contribution in [3.8, 4) is 33.9 Å². The highest BCUT2D eigenvalue weighted by molar-refractivity contribution is 5.78. The van der Waals surface area contributed by atoms with Gasteiger partial charge in [0.05, 0.1) is 11.9 Å². The van der Waals surface area contributed by atoms with Crippen molar-refractivity contribution < 1.29 is 9.47 Å². The molecule has 7 heteroatoms. The van der Waals surface area contributed by atoms with Crippen molar-refractivity contribution in [3.05, 3.63) is 65.3 Å². The Hall–Kier alpha value is -3.61. The SMILES string of the molecule is O=c1cc(-c2ccc3c(c2)OCO3)[nH]c2c(-c3cccnc3)cnn12. The first-order valence-electron chi connectivity index (χ1n) is 7.71. The van der Waals surface area contributed by atoms with E-state index in [0.717, 1.165) is 16.7 Å². The number of benzene rings is 1. The van der Waals surface area contributed by atoms with E-state index in [9.17, 15) is 4.79 Å². The van der Waals surface area contributed by atoms with E-state index in [1.165, 1.54) is 10.6 Å². The van der Waals surface area contributed by atoms with E-state index < -0.39 is 0 Å². The van der Waals surface area contributed by atoms with Crippen LogP contribution in [-0.4, -0.2) is 26.4 Å². The molecule has 1 aliphatic heterocycles. The first kappa shape index (κ1) is 13.8. The molecule has 7 nitrogen and oxygen atoms in total. The molecule has 4 heterocycles. The summed E-state index contributed by atoms with van der Waals surface area (Å²) in [5.41, 5.74) is 3.62. The summed E-state index contributed by atoms with van der Waals surface area (Å²) < 4.78 is 12.1. The predicted octanol–water partition coefficient (Wildman–Crippen LogP) is 2.48. The topological polar surface area (TPSA) is 81.5 Å². The van der Waals surface area contributed by atoms with Crippen LogP contribution in [0.1, 0.15) is 0 Å². The molecule has 0 aliphatic carbocycles. The number of fused-ring (bicyclic) bond motifs is 2. The van der Waals surface area contributed by atoms with E-state index in [1.54, 1.807) is 18.6 Å². The highest BCUT2D eigenvalue weighted by Crippen LogP contribution is 2.35. The Labute approximate surface area is 141 Å². The minimum absolute atomic E-state index is 0.210. The van der Waals surface area contributed by atoms with Crippen molar-refractivity contribution in [2.24, 2.45) is 0 Å². The Morgan fingerprint density at radius 2 is 1.96 bits per heavy atom. The Morgan fingerprint density at radius 3 is 2.84 bits per heavy atom. The third-order valence-electron chi connectivity index (χ3n) is 4.15. The average molecular weight is 332 g/mol. The summed E-state index contributed by atoms with van der Waals surface area (Å²) in [6.45, 7) is 0.210. The zero-order valence-electron chi connectivity index (χ0n) is 13.0. The molecule has 0 unspecified atom stereocenters. The minimum atomic E-state index is -0.212. The monoisotopic (exact) mass is 332 g/mol. The molecule has 0 atom stereocenters. The molecule has 1 aliphatic rings. The second-order valence-corrected chi connectivity index (χ2v) is 5.65. The van der Waals surface area contributed by atoms with Gasteiger partial charge in [0.2, 0.25) is 6.79 Å². The third-order valence-corrected chi connectivity index (χ3v) is 4.15. The van der Waals surface area contributed by atoms with Gasteiger partial charge in [-0.25, -0.2) is 0 Å². The van der Waals surface area contributed by atoms with E-state index in [0.29, 0.717) is 22.8 Å². The lowest BCUT2D eigenvalue weighted by molar-refractivity contribution is 0.174. The van der Waals surface area contributed by atoms with Crippen molar-refractivity contribution in [2.45, 2.75) is 0 Å². The van der Waals surface area contributed by atoms with Crippen molar-refractivity contribution in [2.75, 3.05) is 6.79 Å². The van der Waals surface area contributed by atoms with Crippen LogP contribution in [0.25, 0.3) is 28.0 Å². The zero-order valence-corrected chi connectivity index (χ0v) is 13.0. The maximum atomic E-state index is 12.5. The van der Waals surface area contributed by atoms with Gasteiger partial charge in [0.15, 0.2) is 11.5 Å². The van der Waals surface area contributed by atoms with Gasteiger partial charge in [0.25, 0.3) is 5.56 Å². The quantitative estimate of drug-likeness (QED) is 0.610. The lowest BCUT2D eigenvalue weighted by Crippen LogP contribution is -2.14. The van der Waals surface area contributed by atoms with Crippen LogP contribution in [0.3, 0.4) is 0 Å². The molecular formula is C18H12N4O3. The van der Waals surface area contributed by atoms with Crippen molar-refractivity contribution in [3.63, 3.8) is 0 Å². The number of nitrogens with one attached hydrogen (secondary N) is 1. The number of pyridine rings is 1. The largest absolute Gasteiger partial charge is 0.454 e. The van der Waals surface area contributed by atoms with Crippen LogP contribution in [0, 0.1) is 0 Å². The van der Waals surface area contributed by atoms with E-state index in [4.69, 9.17) is 9.47 Å². The smallest absolute Gasteiger partial charge is 0.274 e. The van der Waals surface area contributed by atoms with Crippen LogP contribution >= 0.6 is 0 Å². The summed E-state index contributed by atoms with van der Waals surface area (Å²) >= 11 is 0. The average Bonchev–Trinajstić information content (AvgIpc) is 3.28. The maximum absolute atomic E-state index is 12.5. The predicted molar refractivity (Wildman–Crippen MR) is 90.6 cm³/mol. The molecule has 122 valence electrons. The molecule has 0 fully saturated rings. The number of nitrogens with zero attached hydrogens (tertiary/aromatic N) is 3. The van der Waals surface area contributed by atoms with Crippen LogP contribution in [0.15, 0.2) is 59.8 Å². The number of aromatic amines is 1. The number of hydrogen-bond acceptors (Lipinski definition) is 5. The summed E-state index contributed by atoms with van der Waals surface area (Å²) in [5, 5.41) is 4.19. The van der Waals surface area contributed by atoms with Crippen LogP contribution in [0.4, 0.5) is 0 Å². The maximum Gasteiger partial charge on any atom is 0.274 e. The fourth-order valence-electron chi connectivity index (χ4n) is 2.94. The Kier molecular flexibility index (Phi) is 2.87. The lowest BCUT2D eigenvalue weighted by atomic mass is 10.1. The van der Waals surface area contributed by atoms with Gasteiger partial charge in [-0.3, -0.25) is 9.78 Å². The second-order valence-electron chi connectivity index (χ2n) is 5.65. The molecule has 0 radical (unpaired) electrons. The molecular weight excluding hydrogens is 320 g/mol. The molecule has 1 aromatic carbocycles. The van der Waals surface area contributed by atoms with Gasteiger partial charge in [0, 0.05) is 35.2 Å². The molecule has 4 aromatic rings. The molecule has 0 spiro atoms. The molecule has 3 aromatic heterocycles. The number of rotatable bonds is 2. The first-order valence-corrected chi connectivity index (χ1v) is 7.71. The third kappa shape index (κ3) is 2.17. The van der Waals surface area contributed by atoms with Crippen LogP contribution in [-0.2, 0) is 0 Å². The molecule has 0 saturated heterocycles. The van der Waals surface area contributed by atoms with Crippen LogP contribution in [0.2, 0.25) is 0 Å². The van der Waals surface area contributed by atoms with Crippen molar-refractivity contribution >= 4 is 5.65 Å². The second kappa shape index (κ2) is 5.20. The normalized spacial score (nSPS) is 12.6. The van der Waals surface area contributed by atoms with Crippen LogP contribution < -0.4 is 15.0 Å². The van der Waals surface area contributed by atoms with E-state index in [2.05, 4.69) is 15.1 Å². The summed E-state index contributed by atoms with van der Waals surface area (Å²) in [5.74, 6) is 1.37. The number of hydrogen-bond donors (Lipinski definition) is 1. The highest BCUT2D eigenvalue weighted by atomic mass is 16.7. The van der Waals surface area contributed by atoms with Crippen molar-refractivity contribution in [1.82, 2.24) is 19.6 Å². The zero-order chi connectivity index (χ0) is 16.8. The summed E-state index contributed by atoms with van der Waals surface area (Å²) in [6.07, 6.45) is 5.10. The van der Waals surface area contributed by atoms with Gasteiger partial charge in [-0.15, -0.1) is 0 Å². The van der Waals surface area contributed by atoms with Gasteiger partial charge in [-0.2, -0.15) is 9.61 Å². The minimum Gasteiger partial charge on any atom is -0.454 e. The Balaban J connectivity index is 1.71. The van der Waals surface area contributed by atoms with Crippen LogP contribution in [0.5, 0.6) is 11.5 Å². The highest BCUT2D eigenvalue weighted by Gasteiger charge is 2.16. The molecule has 5 rings (SSSR count). The first-order chi connectivity index (χ1) is 12.3. The molecule has 25 heavy (non-hydrogen) atoms. The van der Waals surface area contributed by atoms with Gasteiger partial charge in [0.1, 0.15) is 5.65 Å². The molecule has 0 amide bonds. The lowest BCUT2D eigenvalue weighted by Gasteiger charge is -2.06. The molecule has 0 saturated carbocycles. The fraction of sp³-hybridized carbons (Fsp3) is 0.0556. The molecule has 1 N–H and O–H groups in total. The Morgan fingerprint density at radius 1 is 1.04 bits per heavy atom. The van der Waals surface area contributed by atoms with E-state index in [-0.39, 0.29) is 12.4 Å². The van der Waals surface area contributed by atoms with E-state index in [1.807, 2.05) is 30.3 Å². The fourth-order valence-corrected chi connectivity index (χ4v) is 2.94. The summed E-state index contributed by atoms with van der Waals surface area (Å²) in [6, 6.07) is 10.9. The number of ether oxygens (including phenoxy) is 2. The van der Waals surface area contributed by atoms with Crippen molar-refractivity contribution in [1.29, 1.82) is 0 Å².